The SMILES string of the molecule is NC(=O)C[n+]1csc2ccccc21. The van der Waals surface area contributed by atoms with E-state index in [9.17, 15) is 4.79 Å². The maximum absolute atomic E-state index is 10.7. The quantitative estimate of drug-likeness (QED) is 0.700. The molecule has 0 aliphatic carbocycles. The van der Waals surface area contributed by atoms with Gasteiger partial charge < -0.3 is 5.73 Å². The van der Waals surface area contributed by atoms with E-state index < -0.39 is 0 Å². The van der Waals surface area contributed by atoms with Crippen molar-refractivity contribution in [1.82, 2.24) is 0 Å². The van der Waals surface area contributed by atoms with Gasteiger partial charge in [-0.05, 0) is 6.07 Å². The number of amides is 1. The van der Waals surface area contributed by atoms with Crippen molar-refractivity contribution in [3.05, 3.63) is 29.8 Å². The Morgan fingerprint density at radius 2 is 2.23 bits per heavy atom. The summed E-state index contributed by atoms with van der Waals surface area (Å²) in [6, 6.07) is 7.94. The average Bonchev–Trinajstić information content (AvgIpc) is 2.48. The molecular formula is C9H9N2OS+. The van der Waals surface area contributed by atoms with Crippen molar-refractivity contribution in [1.29, 1.82) is 0 Å². The van der Waals surface area contributed by atoms with Crippen LogP contribution in [0.5, 0.6) is 0 Å². The zero-order valence-corrected chi connectivity index (χ0v) is 7.75. The largest absolute Gasteiger partial charge is 0.364 e. The highest BCUT2D eigenvalue weighted by molar-refractivity contribution is 7.16. The zero-order chi connectivity index (χ0) is 9.26. The molecule has 4 heteroatoms. The minimum Gasteiger partial charge on any atom is -0.364 e. The number of carbonyl (C=O) groups is 1. The van der Waals surface area contributed by atoms with Gasteiger partial charge in [0.05, 0.1) is 0 Å². The fourth-order valence-electron chi connectivity index (χ4n) is 1.26. The molecule has 2 aromatic rings. The third-order valence-corrected chi connectivity index (χ3v) is 2.77. The van der Waals surface area contributed by atoms with E-state index in [0.717, 1.165) is 5.52 Å². The number of nitrogens with two attached hydrogens (primary N) is 1. The lowest BCUT2D eigenvalue weighted by Crippen LogP contribution is -2.39. The van der Waals surface area contributed by atoms with E-state index in [1.807, 2.05) is 34.3 Å². The van der Waals surface area contributed by atoms with Gasteiger partial charge in [-0.1, -0.05) is 23.5 Å². The first kappa shape index (κ1) is 8.19. The van der Waals surface area contributed by atoms with Crippen molar-refractivity contribution < 1.29 is 9.36 Å². The van der Waals surface area contributed by atoms with Crippen molar-refractivity contribution in [2.45, 2.75) is 6.54 Å². The number of rotatable bonds is 2. The van der Waals surface area contributed by atoms with E-state index in [2.05, 4.69) is 0 Å². The lowest BCUT2D eigenvalue weighted by molar-refractivity contribution is -0.653. The van der Waals surface area contributed by atoms with Gasteiger partial charge in [-0.3, -0.25) is 4.79 Å². The first-order chi connectivity index (χ1) is 6.27. The number of hydrogen-bond acceptors (Lipinski definition) is 2. The predicted molar refractivity (Wildman–Crippen MR) is 51.2 cm³/mol. The molecule has 2 N–H and O–H groups in total. The number of hydrogen-bond donors (Lipinski definition) is 1. The van der Waals surface area contributed by atoms with Crippen LogP contribution < -0.4 is 10.3 Å². The fraction of sp³-hybridized carbons (Fsp3) is 0.111. The maximum Gasteiger partial charge on any atom is 0.283 e. The first-order valence-corrected chi connectivity index (χ1v) is 4.79. The summed E-state index contributed by atoms with van der Waals surface area (Å²) in [5, 5.41) is 0. The molecule has 2 rings (SSSR count). The Hall–Kier alpha value is -1.42. The number of benzene rings is 1. The molecule has 1 amide bonds. The Morgan fingerprint density at radius 1 is 1.46 bits per heavy atom. The van der Waals surface area contributed by atoms with Crippen molar-refractivity contribution >= 4 is 27.5 Å². The highest BCUT2D eigenvalue weighted by Gasteiger charge is 2.12. The molecule has 0 spiro atoms. The molecule has 0 radical (unpaired) electrons. The number of primary amides is 1. The van der Waals surface area contributed by atoms with Gasteiger partial charge in [0.2, 0.25) is 17.6 Å². The fourth-order valence-corrected chi connectivity index (χ4v) is 2.15. The summed E-state index contributed by atoms with van der Waals surface area (Å²) in [6.45, 7) is 0.254. The molecule has 1 heterocycles. The van der Waals surface area contributed by atoms with Crippen LogP contribution >= 0.6 is 11.3 Å². The van der Waals surface area contributed by atoms with Gasteiger partial charge in [-0.2, -0.15) is 4.57 Å². The van der Waals surface area contributed by atoms with Crippen LogP contribution in [-0.4, -0.2) is 5.91 Å². The molecule has 1 aromatic heterocycles. The number of nitrogens with zero attached hydrogens (tertiary/aromatic N) is 1. The predicted octanol–water partition coefficient (Wildman–Crippen LogP) is 0.674. The van der Waals surface area contributed by atoms with Gasteiger partial charge in [0.25, 0.3) is 5.91 Å². The molecular weight excluding hydrogens is 184 g/mol. The number of para-hydroxylation sites is 1. The molecule has 0 aliphatic heterocycles. The standard InChI is InChI=1S/C9H8N2OS/c10-9(12)5-11-6-13-8-4-2-1-3-7(8)11/h1-4,6H,5H2,(H-,10,12)/p+1. The van der Waals surface area contributed by atoms with Crippen molar-refractivity contribution in [3.63, 3.8) is 0 Å². The highest BCUT2D eigenvalue weighted by atomic mass is 32.1. The van der Waals surface area contributed by atoms with E-state index >= 15 is 0 Å². The monoisotopic (exact) mass is 193 g/mol. The van der Waals surface area contributed by atoms with Crippen LogP contribution in [0.2, 0.25) is 0 Å². The summed E-state index contributed by atoms with van der Waals surface area (Å²) in [5.74, 6) is -0.312. The second-order valence-corrected chi connectivity index (χ2v) is 3.67. The second kappa shape index (κ2) is 3.14. The third-order valence-electron chi connectivity index (χ3n) is 1.81. The van der Waals surface area contributed by atoms with Gasteiger partial charge >= 0.3 is 0 Å². The molecule has 0 aliphatic rings. The lowest BCUT2D eigenvalue weighted by atomic mass is 10.3. The van der Waals surface area contributed by atoms with Gasteiger partial charge in [0.1, 0.15) is 4.70 Å². The van der Waals surface area contributed by atoms with E-state index in [1.165, 1.54) is 4.70 Å². The second-order valence-electron chi connectivity index (χ2n) is 2.79. The summed E-state index contributed by atoms with van der Waals surface area (Å²) < 4.78 is 3.03. The van der Waals surface area contributed by atoms with Crippen molar-refractivity contribution in [3.8, 4) is 0 Å². The van der Waals surface area contributed by atoms with E-state index in [4.69, 9.17) is 5.73 Å². The van der Waals surface area contributed by atoms with Gasteiger partial charge in [-0.25, -0.2) is 0 Å². The molecule has 0 fully saturated rings. The van der Waals surface area contributed by atoms with Crippen LogP contribution in [0.15, 0.2) is 29.8 Å². The summed E-state index contributed by atoms with van der Waals surface area (Å²) >= 11 is 1.61. The molecule has 13 heavy (non-hydrogen) atoms. The topological polar surface area (TPSA) is 47.0 Å². The van der Waals surface area contributed by atoms with Crippen molar-refractivity contribution in [2.24, 2.45) is 5.73 Å². The van der Waals surface area contributed by atoms with E-state index in [1.54, 1.807) is 11.3 Å². The highest BCUT2D eigenvalue weighted by Crippen LogP contribution is 2.14. The molecule has 3 nitrogen and oxygen atoms in total. The van der Waals surface area contributed by atoms with Gasteiger partial charge in [-0.15, -0.1) is 0 Å². The lowest BCUT2D eigenvalue weighted by Gasteiger charge is -1.88. The van der Waals surface area contributed by atoms with E-state index in [0.29, 0.717) is 0 Å². The minimum absolute atomic E-state index is 0.254. The summed E-state index contributed by atoms with van der Waals surface area (Å²) in [7, 11) is 0. The van der Waals surface area contributed by atoms with Crippen LogP contribution in [0.25, 0.3) is 10.2 Å². The molecule has 0 saturated carbocycles. The smallest absolute Gasteiger partial charge is 0.283 e. The van der Waals surface area contributed by atoms with Crippen LogP contribution in [0.1, 0.15) is 0 Å². The van der Waals surface area contributed by atoms with Crippen LogP contribution in [0.3, 0.4) is 0 Å². The molecule has 66 valence electrons. The number of fused-ring (bicyclic) bond motifs is 1. The number of thiazole rings is 1. The molecule has 0 atom stereocenters. The Kier molecular flexibility index (Phi) is 1.98. The number of aromatic nitrogens is 1. The van der Waals surface area contributed by atoms with Gasteiger partial charge in [0, 0.05) is 6.07 Å². The maximum atomic E-state index is 10.7. The van der Waals surface area contributed by atoms with E-state index in [-0.39, 0.29) is 12.5 Å². The zero-order valence-electron chi connectivity index (χ0n) is 6.93. The molecule has 0 unspecified atom stereocenters. The first-order valence-electron chi connectivity index (χ1n) is 3.91. The molecule has 0 saturated heterocycles. The summed E-state index contributed by atoms with van der Waals surface area (Å²) in [5.41, 5.74) is 8.09. The van der Waals surface area contributed by atoms with Crippen LogP contribution in [-0.2, 0) is 11.3 Å². The Balaban J connectivity index is 2.51. The molecule has 1 aromatic carbocycles. The Morgan fingerprint density at radius 3 is 3.00 bits per heavy atom. The Labute approximate surface area is 79.4 Å². The van der Waals surface area contributed by atoms with Gasteiger partial charge in [0.15, 0.2) is 0 Å². The molecule has 0 bridgehead atoms. The number of carbonyl (C=O) groups excluding carboxylic acids is 1. The average molecular weight is 193 g/mol. The summed E-state index contributed by atoms with van der Waals surface area (Å²) in [6.07, 6.45) is 0. The summed E-state index contributed by atoms with van der Waals surface area (Å²) in [4.78, 5) is 10.7. The minimum atomic E-state index is -0.312. The normalized spacial score (nSPS) is 10.5. The third kappa shape index (κ3) is 1.53. The van der Waals surface area contributed by atoms with Crippen molar-refractivity contribution in [2.75, 3.05) is 0 Å². The Bertz CT molecular complexity index is 450. The van der Waals surface area contributed by atoms with Crippen LogP contribution in [0, 0.1) is 0 Å². The van der Waals surface area contributed by atoms with Crippen LogP contribution in [0.4, 0.5) is 0 Å².